The van der Waals surface area contributed by atoms with Gasteiger partial charge in [-0.1, -0.05) is 5.16 Å². The second-order valence-corrected chi connectivity index (χ2v) is 5.54. The molecule has 2 aromatic heterocycles. The monoisotopic (exact) mass is 338 g/mol. The molecule has 7 nitrogen and oxygen atoms in total. The SMILES string of the molecule is COCCC(=O)N1CC(F)(F)C[C@H]1c1nc(-c2cccnc2)no1. The van der Waals surface area contributed by atoms with E-state index in [9.17, 15) is 13.6 Å². The largest absolute Gasteiger partial charge is 0.384 e. The zero-order valence-electron chi connectivity index (χ0n) is 13.0. The molecule has 3 rings (SSSR count). The minimum Gasteiger partial charge on any atom is -0.384 e. The first-order valence-electron chi connectivity index (χ1n) is 7.40. The zero-order valence-corrected chi connectivity index (χ0v) is 13.0. The molecule has 0 N–H and O–H groups in total. The predicted octanol–water partition coefficient (Wildman–Crippen LogP) is 2.08. The van der Waals surface area contributed by atoms with Crippen LogP contribution in [-0.2, 0) is 9.53 Å². The summed E-state index contributed by atoms with van der Waals surface area (Å²) in [6, 6.07) is 2.49. The number of amides is 1. The lowest BCUT2D eigenvalue weighted by Crippen LogP contribution is -2.33. The predicted molar refractivity (Wildman–Crippen MR) is 78.0 cm³/mol. The molecule has 0 spiro atoms. The van der Waals surface area contributed by atoms with E-state index in [0.29, 0.717) is 5.56 Å². The Balaban J connectivity index is 1.83. The van der Waals surface area contributed by atoms with Crippen LogP contribution in [0.2, 0.25) is 0 Å². The second-order valence-electron chi connectivity index (χ2n) is 5.54. The van der Waals surface area contributed by atoms with Crippen LogP contribution in [-0.4, -0.2) is 52.1 Å². The Hall–Kier alpha value is -2.42. The molecular weight excluding hydrogens is 322 g/mol. The van der Waals surface area contributed by atoms with Crippen LogP contribution in [0.5, 0.6) is 0 Å². The van der Waals surface area contributed by atoms with Gasteiger partial charge in [0.1, 0.15) is 6.04 Å². The molecule has 1 amide bonds. The van der Waals surface area contributed by atoms with Gasteiger partial charge in [0, 0.05) is 31.5 Å². The Labute approximate surface area is 136 Å². The van der Waals surface area contributed by atoms with E-state index < -0.39 is 30.8 Å². The summed E-state index contributed by atoms with van der Waals surface area (Å²) < 4.78 is 37.6. The number of carbonyl (C=O) groups is 1. The third-order valence-electron chi connectivity index (χ3n) is 3.76. The van der Waals surface area contributed by atoms with Gasteiger partial charge in [0.25, 0.3) is 5.92 Å². The summed E-state index contributed by atoms with van der Waals surface area (Å²) >= 11 is 0. The number of alkyl halides is 2. The summed E-state index contributed by atoms with van der Waals surface area (Å²) in [7, 11) is 1.45. The minimum absolute atomic E-state index is 0.00297. The Bertz CT molecular complexity index is 708. The summed E-state index contributed by atoms with van der Waals surface area (Å²) in [6.07, 6.45) is 2.62. The highest BCUT2D eigenvalue weighted by Gasteiger charge is 2.49. The van der Waals surface area contributed by atoms with Gasteiger partial charge < -0.3 is 14.2 Å². The average Bonchev–Trinajstić information content (AvgIpc) is 3.17. The average molecular weight is 338 g/mol. The highest BCUT2D eigenvalue weighted by molar-refractivity contribution is 5.77. The van der Waals surface area contributed by atoms with E-state index in [1.165, 1.54) is 7.11 Å². The third kappa shape index (κ3) is 3.40. The van der Waals surface area contributed by atoms with Gasteiger partial charge >= 0.3 is 0 Å². The molecular formula is C15H16F2N4O3. The van der Waals surface area contributed by atoms with Crippen molar-refractivity contribution in [3.8, 4) is 11.4 Å². The number of methoxy groups -OCH3 is 1. The molecule has 0 saturated carbocycles. The molecule has 1 fully saturated rings. The maximum Gasteiger partial charge on any atom is 0.267 e. The van der Waals surface area contributed by atoms with Crippen molar-refractivity contribution in [1.82, 2.24) is 20.0 Å². The standard InChI is InChI=1S/C15H16F2N4O3/c1-23-6-4-12(22)21-9-15(16,17)7-11(21)14-19-13(20-24-14)10-3-2-5-18-8-10/h2-3,5,8,11H,4,6-7,9H2,1H3/t11-/m0/s1. The van der Waals surface area contributed by atoms with Crippen molar-refractivity contribution in [1.29, 1.82) is 0 Å². The number of hydrogen-bond donors (Lipinski definition) is 0. The number of likely N-dealkylation sites (tertiary alicyclic amines) is 1. The lowest BCUT2D eigenvalue weighted by atomic mass is 10.2. The van der Waals surface area contributed by atoms with Gasteiger partial charge in [-0.05, 0) is 12.1 Å². The van der Waals surface area contributed by atoms with E-state index in [1.54, 1.807) is 24.5 Å². The number of ether oxygens (including phenoxy) is 1. The van der Waals surface area contributed by atoms with Crippen LogP contribution in [0, 0.1) is 0 Å². The van der Waals surface area contributed by atoms with Crippen LogP contribution in [0.3, 0.4) is 0 Å². The molecule has 24 heavy (non-hydrogen) atoms. The molecule has 1 atom stereocenters. The highest BCUT2D eigenvalue weighted by Crippen LogP contribution is 2.41. The fourth-order valence-corrected chi connectivity index (χ4v) is 2.62. The summed E-state index contributed by atoms with van der Waals surface area (Å²) in [6.45, 7) is -0.497. The molecule has 0 aromatic carbocycles. The maximum absolute atomic E-state index is 13.8. The first-order chi connectivity index (χ1) is 11.5. The minimum atomic E-state index is -2.99. The third-order valence-corrected chi connectivity index (χ3v) is 3.76. The van der Waals surface area contributed by atoms with E-state index in [4.69, 9.17) is 9.26 Å². The van der Waals surface area contributed by atoms with Gasteiger partial charge in [-0.25, -0.2) is 8.78 Å². The first-order valence-corrected chi connectivity index (χ1v) is 7.40. The van der Waals surface area contributed by atoms with E-state index in [-0.39, 0.29) is 24.7 Å². The van der Waals surface area contributed by atoms with Crippen molar-refractivity contribution < 1.29 is 22.8 Å². The number of rotatable bonds is 5. The van der Waals surface area contributed by atoms with Crippen LogP contribution in [0.25, 0.3) is 11.4 Å². The van der Waals surface area contributed by atoms with Gasteiger partial charge in [-0.15, -0.1) is 0 Å². The van der Waals surface area contributed by atoms with Gasteiger partial charge in [-0.2, -0.15) is 4.98 Å². The van der Waals surface area contributed by atoms with Crippen molar-refractivity contribution in [2.45, 2.75) is 24.8 Å². The summed E-state index contributed by atoms with van der Waals surface area (Å²) in [5, 5.41) is 3.80. The van der Waals surface area contributed by atoms with E-state index >= 15 is 0 Å². The van der Waals surface area contributed by atoms with Crippen molar-refractivity contribution in [2.24, 2.45) is 0 Å². The number of pyridine rings is 1. The molecule has 128 valence electrons. The molecule has 1 saturated heterocycles. The van der Waals surface area contributed by atoms with E-state index in [1.807, 2.05) is 0 Å². The normalized spacial score (nSPS) is 19.6. The van der Waals surface area contributed by atoms with Crippen LogP contribution < -0.4 is 0 Å². The number of nitrogens with zero attached hydrogens (tertiary/aromatic N) is 4. The van der Waals surface area contributed by atoms with Crippen molar-refractivity contribution in [3.63, 3.8) is 0 Å². The number of aromatic nitrogens is 3. The van der Waals surface area contributed by atoms with Crippen LogP contribution >= 0.6 is 0 Å². The summed E-state index contributed by atoms with van der Waals surface area (Å²) in [5.41, 5.74) is 0.606. The number of halogens is 2. The maximum atomic E-state index is 13.8. The molecule has 0 aliphatic carbocycles. The fraction of sp³-hybridized carbons (Fsp3) is 0.467. The number of hydrogen-bond acceptors (Lipinski definition) is 6. The lowest BCUT2D eigenvalue weighted by molar-refractivity contribution is -0.134. The van der Waals surface area contributed by atoms with Gasteiger partial charge in [-0.3, -0.25) is 9.78 Å². The molecule has 3 heterocycles. The molecule has 1 aliphatic rings. The summed E-state index contributed by atoms with van der Waals surface area (Å²) in [4.78, 5) is 21.4. The summed E-state index contributed by atoms with van der Waals surface area (Å²) in [5.74, 6) is -3.18. The fourth-order valence-electron chi connectivity index (χ4n) is 2.62. The number of carbonyl (C=O) groups excluding carboxylic acids is 1. The zero-order chi connectivity index (χ0) is 17.2. The Kier molecular flexibility index (Phi) is 4.52. The van der Waals surface area contributed by atoms with E-state index in [0.717, 1.165) is 4.90 Å². The van der Waals surface area contributed by atoms with Gasteiger partial charge in [0.2, 0.25) is 17.6 Å². The van der Waals surface area contributed by atoms with Crippen molar-refractivity contribution >= 4 is 5.91 Å². The Morgan fingerprint density at radius 3 is 3.08 bits per heavy atom. The first kappa shape index (κ1) is 16.4. The van der Waals surface area contributed by atoms with Crippen LogP contribution in [0.15, 0.2) is 29.0 Å². The molecule has 0 bridgehead atoms. The van der Waals surface area contributed by atoms with Crippen LogP contribution in [0.4, 0.5) is 8.78 Å². The topological polar surface area (TPSA) is 81.4 Å². The molecule has 0 radical (unpaired) electrons. The molecule has 9 heteroatoms. The van der Waals surface area contributed by atoms with Crippen LogP contribution in [0.1, 0.15) is 24.8 Å². The molecule has 1 aliphatic heterocycles. The Morgan fingerprint density at radius 2 is 2.38 bits per heavy atom. The molecule has 2 aromatic rings. The van der Waals surface area contributed by atoms with E-state index in [2.05, 4.69) is 15.1 Å². The molecule has 0 unspecified atom stereocenters. The second kappa shape index (κ2) is 6.60. The highest BCUT2D eigenvalue weighted by atomic mass is 19.3. The van der Waals surface area contributed by atoms with Crippen molar-refractivity contribution in [3.05, 3.63) is 30.4 Å². The smallest absolute Gasteiger partial charge is 0.267 e. The lowest BCUT2D eigenvalue weighted by Gasteiger charge is -2.20. The Morgan fingerprint density at radius 1 is 1.54 bits per heavy atom. The van der Waals surface area contributed by atoms with Crippen molar-refractivity contribution in [2.75, 3.05) is 20.3 Å². The van der Waals surface area contributed by atoms with Gasteiger partial charge in [0.15, 0.2) is 0 Å². The quantitative estimate of drug-likeness (QED) is 0.830. The van der Waals surface area contributed by atoms with Gasteiger partial charge in [0.05, 0.1) is 19.6 Å².